The predicted molar refractivity (Wildman–Crippen MR) is 391 cm³/mol. The predicted octanol–water partition coefficient (Wildman–Crippen LogP) is 22.7. The van der Waals surface area contributed by atoms with Crippen molar-refractivity contribution in [2.24, 2.45) is 11.8 Å². The standard InChI is InChI=1S/C77H150O17P2/c1-7-9-11-13-15-17-19-29-37-43-49-55-61-76(81)93-72(65-87-74(79)59-53-47-41-35-18-16-14-12-10-8-2)67-91-95(83,84)89-63-71(78)64-90-96(85,86)92-68-73(66-88-75(80)60-54-48-42-36-32-31-34-40-46-52-58-70(5)6)94-77(82)62-56-50-44-38-30-27-25-23-21-20-22-24-26-28-33-39-45-51-57-69(3)4/h69-73,78H,7-68H2,1-6H3,(H,83,84)(H,85,86)/t71-,72+,73+/m0/s1. The van der Waals surface area contributed by atoms with Crippen molar-refractivity contribution in [2.45, 2.75) is 419 Å². The Labute approximate surface area is 588 Å². The van der Waals surface area contributed by atoms with E-state index in [1.807, 2.05) is 0 Å². The van der Waals surface area contributed by atoms with Crippen LogP contribution in [0.4, 0.5) is 0 Å². The highest BCUT2D eigenvalue weighted by Gasteiger charge is 2.30. The number of ether oxygens (including phenoxy) is 4. The third-order valence-electron chi connectivity index (χ3n) is 18.0. The van der Waals surface area contributed by atoms with Gasteiger partial charge in [-0.3, -0.25) is 37.3 Å². The largest absolute Gasteiger partial charge is 0.472 e. The summed E-state index contributed by atoms with van der Waals surface area (Å²) in [4.78, 5) is 72.8. The lowest BCUT2D eigenvalue weighted by molar-refractivity contribution is -0.161. The fourth-order valence-electron chi connectivity index (χ4n) is 11.8. The molecule has 0 amide bonds. The topological polar surface area (TPSA) is 237 Å². The number of unbranched alkanes of at least 4 members (excludes halogenated alkanes) is 46. The molecule has 0 aromatic rings. The summed E-state index contributed by atoms with van der Waals surface area (Å²) in [6, 6.07) is 0. The Hall–Kier alpha value is -1.94. The maximum Gasteiger partial charge on any atom is 0.472 e. The maximum absolute atomic E-state index is 13.1. The maximum atomic E-state index is 13.1. The summed E-state index contributed by atoms with van der Waals surface area (Å²) < 4.78 is 68.5. The van der Waals surface area contributed by atoms with E-state index in [2.05, 4.69) is 41.5 Å². The van der Waals surface area contributed by atoms with Gasteiger partial charge in [-0.05, 0) is 37.5 Å². The van der Waals surface area contributed by atoms with Crippen LogP contribution in [0.2, 0.25) is 0 Å². The van der Waals surface area contributed by atoms with E-state index in [9.17, 15) is 43.2 Å². The average Bonchev–Trinajstić information content (AvgIpc) is 1.42. The van der Waals surface area contributed by atoms with Crippen LogP contribution in [0.15, 0.2) is 0 Å². The second kappa shape index (κ2) is 68.8. The van der Waals surface area contributed by atoms with E-state index >= 15 is 0 Å². The van der Waals surface area contributed by atoms with E-state index in [4.69, 9.17) is 37.0 Å². The van der Waals surface area contributed by atoms with Gasteiger partial charge in [-0.1, -0.05) is 350 Å². The van der Waals surface area contributed by atoms with Gasteiger partial charge in [0.25, 0.3) is 0 Å². The average molecular weight is 1410 g/mol. The zero-order valence-electron chi connectivity index (χ0n) is 62.7. The highest BCUT2D eigenvalue weighted by atomic mass is 31.2. The molecule has 0 spiro atoms. The first-order chi connectivity index (χ1) is 46.4. The molecule has 0 aromatic carbocycles. The number of aliphatic hydroxyl groups excluding tert-OH is 1. The molecule has 0 saturated carbocycles. The second-order valence-electron chi connectivity index (χ2n) is 28.7. The number of phosphoric acid groups is 2. The molecule has 3 N–H and O–H groups in total. The summed E-state index contributed by atoms with van der Waals surface area (Å²) in [6.07, 6.45) is 56.8. The van der Waals surface area contributed by atoms with Gasteiger partial charge in [-0.25, -0.2) is 9.13 Å². The summed E-state index contributed by atoms with van der Waals surface area (Å²) in [7, 11) is -9.91. The van der Waals surface area contributed by atoms with Gasteiger partial charge in [0.15, 0.2) is 12.2 Å². The van der Waals surface area contributed by atoms with Crippen molar-refractivity contribution >= 4 is 39.5 Å². The number of carbonyl (C=O) groups excluding carboxylic acids is 4. The molecule has 0 aromatic heterocycles. The third kappa shape index (κ3) is 70.5. The van der Waals surface area contributed by atoms with Gasteiger partial charge in [-0.2, -0.15) is 0 Å². The van der Waals surface area contributed by atoms with E-state index in [-0.39, 0.29) is 25.7 Å². The van der Waals surface area contributed by atoms with E-state index in [0.29, 0.717) is 25.7 Å². The number of carbonyl (C=O) groups is 4. The van der Waals surface area contributed by atoms with E-state index < -0.39 is 97.5 Å². The van der Waals surface area contributed by atoms with Crippen molar-refractivity contribution in [1.29, 1.82) is 0 Å². The van der Waals surface area contributed by atoms with Gasteiger partial charge in [0.1, 0.15) is 19.3 Å². The van der Waals surface area contributed by atoms with E-state index in [1.54, 1.807) is 0 Å². The lowest BCUT2D eigenvalue weighted by Gasteiger charge is -2.21. The highest BCUT2D eigenvalue weighted by molar-refractivity contribution is 7.47. The smallest absolute Gasteiger partial charge is 0.462 e. The van der Waals surface area contributed by atoms with Crippen molar-refractivity contribution in [1.82, 2.24) is 0 Å². The van der Waals surface area contributed by atoms with Crippen LogP contribution in [0, 0.1) is 11.8 Å². The van der Waals surface area contributed by atoms with Crippen LogP contribution in [0.1, 0.15) is 401 Å². The summed E-state index contributed by atoms with van der Waals surface area (Å²) in [6.45, 7) is 9.62. The fraction of sp³-hybridized carbons (Fsp3) is 0.948. The summed E-state index contributed by atoms with van der Waals surface area (Å²) in [5.41, 5.74) is 0. The molecule has 0 aliphatic heterocycles. The molecule has 17 nitrogen and oxygen atoms in total. The van der Waals surface area contributed by atoms with Gasteiger partial charge in [0.05, 0.1) is 26.4 Å². The molecule has 5 atom stereocenters. The van der Waals surface area contributed by atoms with Crippen molar-refractivity contribution in [3.8, 4) is 0 Å². The fourth-order valence-corrected chi connectivity index (χ4v) is 13.4. The molecule has 0 saturated heterocycles. The molecular weight excluding hydrogens is 1260 g/mol. The second-order valence-corrected chi connectivity index (χ2v) is 31.6. The van der Waals surface area contributed by atoms with Gasteiger partial charge >= 0.3 is 39.5 Å². The molecule has 19 heteroatoms. The lowest BCUT2D eigenvalue weighted by atomic mass is 10.0. The van der Waals surface area contributed by atoms with Gasteiger partial charge in [0.2, 0.25) is 0 Å². The number of esters is 4. The van der Waals surface area contributed by atoms with Crippen LogP contribution >= 0.6 is 15.6 Å². The van der Waals surface area contributed by atoms with Crippen LogP contribution in [-0.2, 0) is 65.4 Å². The zero-order chi connectivity index (χ0) is 70.7. The van der Waals surface area contributed by atoms with Crippen LogP contribution in [0.3, 0.4) is 0 Å². The van der Waals surface area contributed by atoms with E-state index in [1.165, 1.54) is 218 Å². The SMILES string of the molecule is CCCCCCCCCCCCCCC(=O)O[C@H](COC(=O)CCCCCCCCCCCC)COP(=O)(O)OC[C@H](O)COP(=O)(O)OC[C@@H](COC(=O)CCCCCCCCCCCCC(C)C)OC(=O)CCCCCCCCCCCCCCCCCCCCC(C)C. The normalized spacial score (nSPS) is 14.0. The lowest BCUT2D eigenvalue weighted by Crippen LogP contribution is -2.30. The first-order valence-corrected chi connectivity index (χ1v) is 43.0. The van der Waals surface area contributed by atoms with Crippen LogP contribution < -0.4 is 0 Å². The van der Waals surface area contributed by atoms with Crippen LogP contribution in [0.25, 0.3) is 0 Å². The minimum absolute atomic E-state index is 0.108. The molecule has 96 heavy (non-hydrogen) atoms. The van der Waals surface area contributed by atoms with Gasteiger partial charge in [0, 0.05) is 25.7 Å². The Bertz CT molecular complexity index is 1860. The Kier molecular flexibility index (Phi) is 67.4. The first-order valence-electron chi connectivity index (χ1n) is 40.0. The summed E-state index contributed by atoms with van der Waals surface area (Å²) in [5, 5.41) is 10.6. The number of phosphoric ester groups is 2. The Morgan fingerprint density at radius 3 is 0.708 bits per heavy atom. The van der Waals surface area contributed by atoms with Crippen molar-refractivity contribution < 1.29 is 80.2 Å². The number of aliphatic hydroxyl groups is 1. The third-order valence-corrected chi connectivity index (χ3v) is 19.9. The molecule has 0 aliphatic rings. The van der Waals surface area contributed by atoms with Gasteiger partial charge in [-0.15, -0.1) is 0 Å². The summed E-state index contributed by atoms with van der Waals surface area (Å²) in [5.74, 6) is -0.535. The van der Waals surface area contributed by atoms with Crippen LogP contribution in [-0.4, -0.2) is 96.7 Å². The first kappa shape index (κ1) is 94.1. The number of hydrogen-bond acceptors (Lipinski definition) is 15. The molecule has 0 bridgehead atoms. The number of hydrogen-bond donors (Lipinski definition) is 3. The highest BCUT2D eigenvalue weighted by Crippen LogP contribution is 2.45. The Morgan fingerprint density at radius 1 is 0.281 bits per heavy atom. The van der Waals surface area contributed by atoms with Crippen molar-refractivity contribution in [3.05, 3.63) is 0 Å². The molecule has 0 rings (SSSR count). The minimum Gasteiger partial charge on any atom is -0.462 e. The Morgan fingerprint density at radius 2 is 0.479 bits per heavy atom. The van der Waals surface area contributed by atoms with Gasteiger partial charge < -0.3 is 33.8 Å². The monoisotopic (exact) mass is 1410 g/mol. The quantitative estimate of drug-likeness (QED) is 0.0222. The molecule has 2 unspecified atom stereocenters. The number of rotatable bonds is 76. The zero-order valence-corrected chi connectivity index (χ0v) is 64.5. The molecule has 0 heterocycles. The van der Waals surface area contributed by atoms with Crippen LogP contribution in [0.5, 0.6) is 0 Å². The minimum atomic E-state index is -4.96. The molecular formula is C77H150O17P2. The molecule has 570 valence electrons. The van der Waals surface area contributed by atoms with Crippen molar-refractivity contribution in [3.63, 3.8) is 0 Å². The van der Waals surface area contributed by atoms with Crippen molar-refractivity contribution in [2.75, 3.05) is 39.6 Å². The summed E-state index contributed by atoms with van der Waals surface area (Å²) >= 11 is 0. The Balaban J connectivity index is 5.20. The molecule has 0 radical (unpaired) electrons. The molecule has 0 aliphatic carbocycles. The van der Waals surface area contributed by atoms with E-state index in [0.717, 1.165) is 102 Å². The molecule has 0 fully saturated rings.